The van der Waals surface area contributed by atoms with Crippen molar-refractivity contribution >= 4 is 98.1 Å². The van der Waals surface area contributed by atoms with Gasteiger partial charge in [-0.25, -0.2) is 93.3 Å². The van der Waals surface area contributed by atoms with E-state index in [1.54, 1.807) is 113 Å². The molecular formula is C81H78FN29O10. The summed E-state index contributed by atoms with van der Waals surface area (Å²) in [6, 6.07) is 26.7. The molecule has 0 aliphatic carbocycles. The number of halogens is 1. The molecule has 16 aromatic rings. The Bertz CT molecular complexity index is 6320. The molecule has 12 heterocycles. The number of H-pyrrole nitrogens is 4. The van der Waals surface area contributed by atoms with Crippen molar-refractivity contribution in [2.24, 2.45) is 0 Å². The summed E-state index contributed by atoms with van der Waals surface area (Å²) in [5.74, 6) is 2.74. The van der Waals surface area contributed by atoms with E-state index in [-0.39, 0.29) is 60.2 Å². The highest BCUT2D eigenvalue weighted by Crippen LogP contribution is 2.39. The molecule has 40 heteroatoms. The van der Waals surface area contributed by atoms with Crippen LogP contribution in [-0.4, -0.2) is 190 Å². The van der Waals surface area contributed by atoms with E-state index in [0.29, 0.717) is 117 Å². The van der Waals surface area contributed by atoms with E-state index in [2.05, 4.69) is 142 Å². The number of urea groups is 3. The highest BCUT2D eigenvalue weighted by atomic mass is 19.1. The number of anilines is 5. The molecule has 0 bridgehead atoms. The van der Waals surface area contributed by atoms with Crippen LogP contribution in [-0.2, 0) is 4.74 Å². The fraction of sp³-hybridized carbons (Fsp3) is 0.173. The number of amides is 7. The third-order valence-electron chi connectivity index (χ3n) is 17.4. The number of fused-ring (bicyclic) bond motifs is 4. The third-order valence-corrected chi connectivity index (χ3v) is 17.4. The monoisotopic (exact) mass is 1640 g/mol. The van der Waals surface area contributed by atoms with Crippen LogP contribution < -0.4 is 66.6 Å². The van der Waals surface area contributed by atoms with Gasteiger partial charge in [-0.2, -0.15) is 0 Å². The number of nitrogens with two attached hydrogens (primary N) is 1. The van der Waals surface area contributed by atoms with Crippen molar-refractivity contribution < 1.29 is 52.0 Å². The van der Waals surface area contributed by atoms with Crippen LogP contribution in [0, 0.1) is 5.82 Å². The first kappa shape index (κ1) is 82.4. The van der Waals surface area contributed by atoms with Crippen molar-refractivity contribution in [3.8, 4) is 119 Å². The molecule has 39 nitrogen and oxygen atoms in total. The number of pyridine rings is 3. The van der Waals surface area contributed by atoms with Gasteiger partial charge in [0.1, 0.15) is 34.0 Å². The summed E-state index contributed by atoms with van der Waals surface area (Å²) in [5.41, 5.74) is 21.2. The molecule has 7 amide bonds. The lowest BCUT2D eigenvalue weighted by Gasteiger charge is -2.09. The number of imidazole rings is 4. The number of carbonyl (C=O) groups is 4. The van der Waals surface area contributed by atoms with E-state index < -0.39 is 17.9 Å². The second-order valence-corrected chi connectivity index (χ2v) is 25.3. The van der Waals surface area contributed by atoms with Gasteiger partial charge in [0.15, 0.2) is 5.82 Å². The fourth-order valence-electron chi connectivity index (χ4n) is 12.0. The van der Waals surface area contributed by atoms with E-state index in [1.807, 2.05) is 82.3 Å². The second kappa shape index (κ2) is 38.7. The predicted octanol–water partition coefficient (Wildman–Crippen LogP) is 12.9. The minimum atomic E-state index is -0.591. The average molecular weight is 1640 g/mol. The molecular weight excluding hydrogens is 1560 g/mol. The summed E-state index contributed by atoms with van der Waals surface area (Å²) in [5, 5.41) is 18.6. The first-order chi connectivity index (χ1) is 58.9. The highest BCUT2D eigenvalue weighted by molar-refractivity contribution is 6.02. The molecule has 4 aromatic carbocycles. The smallest absolute Gasteiger partial charge is 0.413 e. The molecule has 0 fully saturated rings. The van der Waals surface area contributed by atoms with Crippen molar-refractivity contribution in [3.05, 3.63) is 177 Å². The first-order valence-corrected chi connectivity index (χ1v) is 37.3. The quantitative estimate of drug-likeness (QED) is 0.0300. The van der Waals surface area contributed by atoms with Gasteiger partial charge in [0.25, 0.3) is 0 Å². The molecule has 0 saturated heterocycles. The molecule has 0 aliphatic rings. The Morgan fingerprint density at radius 2 is 0.752 bits per heavy atom. The first-order valence-electron chi connectivity index (χ1n) is 37.3. The zero-order valence-corrected chi connectivity index (χ0v) is 66.3. The molecule has 13 N–H and O–H groups in total. The largest absolute Gasteiger partial charge is 0.497 e. The number of rotatable bonds is 22. The van der Waals surface area contributed by atoms with E-state index in [9.17, 15) is 23.6 Å². The van der Waals surface area contributed by atoms with Crippen LogP contribution in [0.1, 0.15) is 34.6 Å². The molecule has 0 aliphatic heterocycles. The Kier molecular flexibility index (Phi) is 26.4. The van der Waals surface area contributed by atoms with E-state index in [1.165, 1.54) is 39.7 Å². The minimum Gasteiger partial charge on any atom is -0.497 e. The van der Waals surface area contributed by atoms with E-state index in [4.69, 9.17) is 34.2 Å². The zero-order chi connectivity index (χ0) is 84.9. The summed E-state index contributed by atoms with van der Waals surface area (Å²) >= 11 is 0. The highest BCUT2D eigenvalue weighted by Gasteiger charge is 2.23. The molecule has 0 spiro atoms. The van der Waals surface area contributed by atoms with Gasteiger partial charge < -0.3 is 70.0 Å². The fourth-order valence-corrected chi connectivity index (χ4v) is 12.0. The number of aromatic amines is 4. The average Bonchev–Trinajstić information content (AvgIpc) is 1.68. The SMILES string of the molecule is CCNC(=O)Nc1nc2c(-c3cc(OC)ccn3)cc(-c3cnc(OC)nc3)cc2[nH]1.CCNC(=O)Nc1nc2c(-c3cc(OCC)ccn3)cc(-c3cnc(OC)nc3)cc2[nH]1.CCNC(=O)Nc1nc2c(-c3ncccc3F)cc(-c3cnc(OC)nc3)cc2[nH]1.CCOC(=O)Nc1nc2c(-c3ncccn3)cc(-c3cnc(N)nc3)cc2[nH]1. The van der Waals surface area contributed by atoms with Gasteiger partial charge in [0.05, 0.1) is 86.1 Å². The number of hydrogen-bond donors (Lipinski definition) is 12. The summed E-state index contributed by atoms with van der Waals surface area (Å²) in [6.45, 7) is 11.4. The van der Waals surface area contributed by atoms with Crippen LogP contribution in [0.25, 0.3) is 134 Å². The lowest BCUT2D eigenvalue weighted by molar-refractivity contribution is 0.167. The van der Waals surface area contributed by atoms with Crippen molar-refractivity contribution in [2.45, 2.75) is 34.6 Å². The number of benzene rings is 4. The Labute approximate surface area is 687 Å². The van der Waals surface area contributed by atoms with Crippen LogP contribution in [0.15, 0.2) is 172 Å². The molecule has 121 heavy (non-hydrogen) atoms. The maximum absolute atomic E-state index is 14.5. The predicted molar refractivity (Wildman–Crippen MR) is 450 cm³/mol. The zero-order valence-electron chi connectivity index (χ0n) is 66.3. The number of carbonyl (C=O) groups excluding carboxylic acids is 4. The Morgan fingerprint density at radius 3 is 1.15 bits per heavy atom. The molecule has 16 rings (SSSR count). The van der Waals surface area contributed by atoms with Gasteiger partial charge in [0, 0.05) is 157 Å². The minimum absolute atomic E-state index is 0.148. The van der Waals surface area contributed by atoms with Gasteiger partial charge >= 0.3 is 42.2 Å². The lowest BCUT2D eigenvalue weighted by atomic mass is 10.0. The number of hydrogen-bond acceptors (Lipinski definition) is 28. The second-order valence-electron chi connectivity index (χ2n) is 25.3. The summed E-state index contributed by atoms with van der Waals surface area (Å²) < 4.78 is 45.5. The number of nitrogen functional groups attached to an aromatic ring is 1. The standard InChI is InChI=1S/C22H23N7O3.C21H21N7O3.C20H18FN7O2.C18H16N8O2/c1-4-23-21(30)29-20-27-18-9-13(14-11-25-22(31-3)26-12-14)8-16(19(18)28-20)17-10-15(32-5-2)6-7-24-17;1-4-22-20(29)28-19-26-17-8-12(13-10-24-21(31-3)25-11-13)7-15(18(17)27-19)16-9-14(30-2)5-6-23-16;1-3-22-19(29)28-18-26-15-8-11(12-9-24-20(30-2)25-10-12)7-13(17(15)27-18)16-14(21)5-4-6-23-16;1-2-28-18(27)26-17-24-13-7-10(11-8-22-16(19)23-9-11)6-12(14(13)25-17)15-20-4-3-5-21-15/h6-12H,4-5H2,1-3H3,(H3,23,27,28,29,30);5-11H,4H2,1-3H3,(H3,22,26,27,28,29);4-10H,3H2,1-2H3,(H3,22,26,27,28,29);3-9H,2H2,1H3,(H2,19,22,23)(H2,24,25,26,27). The van der Waals surface area contributed by atoms with Crippen LogP contribution in [0.4, 0.5) is 53.3 Å². The molecule has 12 aromatic heterocycles. The van der Waals surface area contributed by atoms with Gasteiger partial charge in [-0.15, -0.1) is 0 Å². The third kappa shape index (κ3) is 20.2. The summed E-state index contributed by atoms with van der Waals surface area (Å²) in [4.78, 5) is 133. The molecule has 0 saturated carbocycles. The topological polar surface area (TPSA) is 516 Å². The summed E-state index contributed by atoms with van der Waals surface area (Å²) in [6.07, 6.45) is 20.8. The van der Waals surface area contributed by atoms with E-state index >= 15 is 0 Å². The number of methoxy groups -OCH3 is 4. The van der Waals surface area contributed by atoms with Crippen LogP contribution >= 0.6 is 0 Å². The number of nitrogens with one attached hydrogen (secondary N) is 11. The number of ether oxygens (including phenoxy) is 6. The van der Waals surface area contributed by atoms with Crippen LogP contribution in [0.3, 0.4) is 0 Å². The molecule has 0 atom stereocenters. The number of aromatic nitrogens is 21. The van der Waals surface area contributed by atoms with Gasteiger partial charge in [0.2, 0.25) is 29.7 Å². The maximum Gasteiger partial charge on any atom is 0.413 e. The Morgan fingerprint density at radius 1 is 0.380 bits per heavy atom. The van der Waals surface area contributed by atoms with Crippen molar-refractivity contribution in [1.82, 2.24) is 121 Å². The van der Waals surface area contributed by atoms with Gasteiger partial charge in [-0.1, -0.05) is 0 Å². The molecule has 0 unspecified atom stereocenters. The summed E-state index contributed by atoms with van der Waals surface area (Å²) in [7, 11) is 6.12. The maximum atomic E-state index is 14.5. The Balaban J connectivity index is 0.000000139. The van der Waals surface area contributed by atoms with Crippen LogP contribution in [0.2, 0.25) is 0 Å². The van der Waals surface area contributed by atoms with Gasteiger partial charge in [-0.05, 0) is 136 Å². The van der Waals surface area contributed by atoms with Crippen molar-refractivity contribution in [3.63, 3.8) is 0 Å². The lowest BCUT2D eigenvalue weighted by Crippen LogP contribution is -2.28. The van der Waals surface area contributed by atoms with E-state index in [0.717, 1.165) is 61.1 Å². The van der Waals surface area contributed by atoms with Crippen molar-refractivity contribution in [2.75, 3.05) is 88.3 Å². The normalized spacial score (nSPS) is 10.7. The number of nitrogens with zero attached hydrogens (tertiary/aromatic N) is 17. The molecule has 614 valence electrons. The van der Waals surface area contributed by atoms with Gasteiger partial charge in [-0.3, -0.25) is 36.2 Å². The molecule has 0 radical (unpaired) electrons. The van der Waals surface area contributed by atoms with Crippen LogP contribution in [0.5, 0.6) is 29.5 Å². The Hall–Kier alpha value is -16.6. The van der Waals surface area contributed by atoms with Crippen molar-refractivity contribution in [1.29, 1.82) is 0 Å².